The molecule has 3 aromatic carbocycles. The van der Waals surface area contributed by atoms with Crippen molar-refractivity contribution in [1.82, 2.24) is 0 Å². The van der Waals surface area contributed by atoms with Crippen molar-refractivity contribution in [1.29, 1.82) is 0 Å². The zero-order valence-corrected chi connectivity index (χ0v) is 14.5. The first kappa shape index (κ1) is 17.4. The second-order valence-corrected chi connectivity index (χ2v) is 5.61. The van der Waals surface area contributed by atoms with Gasteiger partial charge in [-0.1, -0.05) is 30.3 Å². The molecule has 0 spiro atoms. The third-order valence-corrected chi connectivity index (χ3v) is 3.99. The minimum absolute atomic E-state index is 0.180. The lowest BCUT2D eigenvalue weighted by Crippen LogP contribution is -2.08. The van der Waals surface area contributed by atoms with Crippen LogP contribution in [0.4, 0.5) is 5.69 Å². The smallest absolute Gasteiger partial charge is 0.248 e. The molecule has 0 saturated carbocycles. The lowest BCUT2D eigenvalue weighted by molar-refractivity contribution is -0.111. The molecule has 0 aliphatic heterocycles. The molecule has 0 aliphatic carbocycles. The van der Waals surface area contributed by atoms with E-state index in [0.29, 0.717) is 22.6 Å². The molecule has 5 heteroatoms. The molecule has 3 aromatic rings. The van der Waals surface area contributed by atoms with Gasteiger partial charge in [0.25, 0.3) is 0 Å². The van der Waals surface area contributed by atoms with Crippen LogP contribution in [0, 0.1) is 0 Å². The second kappa shape index (κ2) is 7.61. The van der Waals surface area contributed by atoms with Gasteiger partial charge in [0.2, 0.25) is 5.91 Å². The normalized spacial score (nSPS) is 10.8. The monoisotopic (exact) mass is 349 g/mol. The maximum atomic E-state index is 12.3. The molecule has 0 aromatic heterocycles. The van der Waals surface area contributed by atoms with Gasteiger partial charge in [0.05, 0.1) is 14.2 Å². The van der Waals surface area contributed by atoms with E-state index in [0.717, 1.165) is 10.9 Å². The molecule has 26 heavy (non-hydrogen) atoms. The zero-order valence-electron chi connectivity index (χ0n) is 14.5. The first-order valence-electron chi connectivity index (χ1n) is 8.04. The number of rotatable bonds is 5. The van der Waals surface area contributed by atoms with Crippen molar-refractivity contribution in [3.8, 4) is 17.2 Å². The highest BCUT2D eigenvalue weighted by Crippen LogP contribution is 2.30. The Morgan fingerprint density at radius 2 is 1.69 bits per heavy atom. The van der Waals surface area contributed by atoms with E-state index in [9.17, 15) is 9.90 Å². The fourth-order valence-electron chi connectivity index (χ4n) is 2.71. The summed E-state index contributed by atoms with van der Waals surface area (Å²) >= 11 is 0. The number of fused-ring (bicyclic) bond motifs is 1. The fraction of sp³-hybridized carbons (Fsp3) is 0.0952. The summed E-state index contributed by atoms with van der Waals surface area (Å²) in [5.41, 5.74) is 1.45. The fourth-order valence-corrected chi connectivity index (χ4v) is 2.71. The zero-order chi connectivity index (χ0) is 18.5. The minimum Gasteiger partial charge on any atom is -0.507 e. The van der Waals surface area contributed by atoms with E-state index in [2.05, 4.69) is 5.32 Å². The number of phenols is 1. The van der Waals surface area contributed by atoms with Gasteiger partial charge in [-0.3, -0.25) is 4.79 Å². The number of carbonyl (C=O) groups is 1. The highest BCUT2D eigenvalue weighted by atomic mass is 16.5. The van der Waals surface area contributed by atoms with Gasteiger partial charge >= 0.3 is 0 Å². The van der Waals surface area contributed by atoms with E-state index in [1.807, 2.05) is 12.1 Å². The van der Waals surface area contributed by atoms with Gasteiger partial charge in [-0.05, 0) is 35.9 Å². The molecule has 0 unspecified atom stereocenters. The Morgan fingerprint density at radius 1 is 0.962 bits per heavy atom. The molecule has 0 fully saturated rings. The van der Waals surface area contributed by atoms with E-state index in [1.54, 1.807) is 62.8 Å². The summed E-state index contributed by atoms with van der Waals surface area (Å²) < 4.78 is 10.5. The largest absolute Gasteiger partial charge is 0.507 e. The predicted molar refractivity (Wildman–Crippen MR) is 103 cm³/mol. The third kappa shape index (κ3) is 3.62. The summed E-state index contributed by atoms with van der Waals surface area (Å²) in [6.07, 6.45) is 3.14. The molecular formula is C21H19NO4. The minimum atomic E-state index is -0.268. The predicted octanol–water partition coefficient (Wildman–Crippen LogP) is 4.21. The van der Waals surface area contributed by atoms with E-state index >= 15 is 0 Å². The molecular weight excluding hydrogens is 330 g/mol. The average Bonchev–Trinajstić information content (AvgIpc) is 2.67. The summed E-state index contributed by atoms with van der Waals surface area (Å²) in [7, 11) is 3.14. The number of phenolic OH excluding ortho intramolecular Hbond substituents is 1. The third-order valence-electron chi connectivity index (χ3n) is 3.99. The van der Waals surface area contributed by atoms with Crippen molar-refractivity contribution in [3.63, 3.8) is 0 Å². The lowest BCUT2D eigenvalue weighted by atomic mass is 10.1. The van der Waals surface area contributed by atoms with Gasteiger partial charge in [0, 0.05) is 22.5 Å². The maximum Gasteiger partial charge on any atom is 0.248 e. The number of methoxy groups -OCH3 is 2. The van der Waals surface area contributed by atoms with Crippen molar-refractivity contribution >= 4 is 28.4 Å². The van der Waals surface area contributed by atoms with Crippen molar-refractivity contribution in [3.05, 3.63) is 66.2 Å². The summed E-state index contributed by atoms with van der Waals surface area (Å²) in [6, 6.07) is 16.0. The van der Waals surface area contributed by atoms with Crippen LogP contribution < -0.4 is 14.8 Å². The summed E-state index contributed by atoms with van der Waals surface area (Å²) in [6.45, 7) is 0. The van der Waals surface area contributed by atoms with Crippen molar-refractivity contribution in [2.45, 2.75) is 0 Å². The second-order valence-electron chi connectivity index (χ2n) is 5.61. The summed E-state index contributed by atoms with van der Waals surface area (Å²) in [5, 5.41) is 14.2. The Bertz CT molecular complexity index is 979. The molecule has 0 saturated heterocycles. The molecule has 1 amide bonds. The Labute approximate surface area is 151 Å². The molecule has 3 rings (SSSR count). The maximum absolute atomic E-state index is 12.3. The van der Waals surface area contributed by atoms with Crippen LogP contribution in [-0.4, -0.2) is 25.2 Å². The van der Waals surface area contributed by atoms with Crippen LogP contribution >= 0.6 is 0 Å². The van der Waals surface area contributed by atoms with Crippen LogP contribution in [0.15, 0.2) is 60.7 Å². The quantitative estimate of drug-likeness (QED) is 0.677. The number of benzene rings is 3. The van der Waals surface area contributed by atoms with Gasteiger partial charge in [0.15, 0.2) is 11.5 Å². The van der Waals surface area contributed by atoms with Gasteiger partial charge in [-0.15, -0.1) is 0 Å². The van der Waals surface area contributed by atoms with Gasteiger partial charge in [-0.2, -0.15) is 0 Å². The molecule has 0 aliphatic rings. The molecule has 0 bridgehead atoms. The summed E-state index contributed by atoms with van der Waals surface area (Å²) in [5.74, 6) is 1.14. The van der Waals surface area contributed by atoms with Crippen molar-refractivity contribution in [2.75, 3.05) is 19.5 Å². The van der Waals surface area contributed by atoms with Crippen molar-refractivity contribution < 1.29 is 19.4 Å². The van der Waals surface area contributed by atoms with Crippen LogP contribution in [0.25, 0.3) is 16.8 Å². The van der Waals surface area contributed by atoms with Crippen LogP contribution in [-0.2, 0) is 4.79 Å². The molecule has 0 heterocycles. The number of carbonyl (C=O) groups excluding carboxylic acids is 1. The number of hydrogen-bond acceptors (Lipinski definition) is 4. The molecule has 2 N–H and O–H groups in total. The van der Waals surface area contributed by atoms with Crippen LogP contribution in [0.2, 0.25) is 0 Å². The highest BCUT2D eigenvalue weighted by Gasteiger charge is 2.06. The van der Waals surface area contributed by atoms with Gasteiger partial charge < -0.3 is 19.9 Å². The van der Waals surface area contributed by atoms with E-state index in [4.69, 9.17) is 9.47 Å². The molecule has 5 nitrogen and oxygen atoms in total. The number of hydrogen-bond donors (Lipinski definition) is 2. The molecule has 132 valence electrons. The number of aromatic hydroxyl groups is 1. The van der Waals surface area contributed by atoms with Crippen molar-refractivity contribution in [2.24, 2.45) is 0 Å². The van der Waals surface area contributed by atoms with Gasteiger partial charge in [-0.25, -0.2) is 0 Å². The standard InChI is InChI=1S/C21H19NO4/c1-25-19-11-9-14(13-20(19)26-2)10-12-21(24)22-17-7-3-6-16-15(17)5-4-8-18(16)23/h3-13,23H,1-2H3,(H,22,24)/b12-10+. The van der Waals surface area contributed by atoms with E-state index in [-0.39, 0.29) is 11.7 Å². The topological polar surface area (TPSA) is 67.8 Å². The van der Waals surface area contributed by atoms with Gasteiger partial charge in [0.1, 0.15) is 5.75 Å². The number of ether oxygens (including phenoxy) is 2. The average molecular weight is 349 g/mol. The number of nitrogens with one attached hydrogen (secondary N) is 1. The van der Waals surface area contributed by atoms with Crippen LogP contribution in [0.3, 0.4) is 0 Å². The SMILES string of the molecule is COc1ccc(/C=C/C(=O)Nc2cccc3c(O)cccc23)cc1OC. The number of amides is 1. The first-order valence-corrected chi connectivity index (χ1v) is 8.04. The van der Waals surface area contributed by atoms with Crippen LogP contribution in [0.1, 0.15) is 5.56 Å². The Kier molecular flexibility index (Phi) is 5.08. The first-order chi connectivity index (χ1) is 12.6. The van der Waals surface area contributed by atoms with Crippen LogP contribution in [0.5, 0.6) is 17.2 Å². The lowest BCUT2D eigenvalue weighted by Gasteiger charge is -2.08. The Balaban J connectivity index is 1.79. The number of anilines is 1. The highest BCUT2D eigenvalue weighted by molar-refractivity contribution is 6.08. The Morgan fingerprint density at radius 3 is 2.46 bits per heavy atom. The van der Waals surface area contributed by atoms with E-state index in [1.165, 1.54) is 6.08 Å². The van der Waals surface area contributed by atoms with E-state index < -0.39 is 0 Å². The molecule has 0 atom stereocenters. The summed E-state index contributed by atoms with van der Waals surface area (Å²) in [4.78, 5) is 12.3. The Hall–Kier alpha value is -3.47. The molecule has 0 radical (unpaired) electrons.